The van der Waals surface area contributed by atoms with Crippen LogP contribution in [0.5, 0.6) is 0 Å². The summed E-state index contributed by atoms with van der Waals surface area (Å²) in [6.45, 7) is 5.19. The highest BCUT2D eigenvalue weighted by Gasteiger charge is 2.29. The molecule has 25 heavy (non-hydrogen) atoms. The van der Waals surface area contributed by atoms with Gasteiger partial charge < -0.3 is 10.2 Å². The Balaban J connectivity index is 1.35. The molecule has 2 aliphatic rings. The molecule has 0 radical (unpaired) electrons. The zero-order valence-electron chi connectivity index (χ0n) is 15.0. The summed E-state index contributed by atoms with van der Waals surface area (Å²) in [5.41, 5.74) is 1.33. The average Bonchev–Trinajstić information content (AvgIpc) is 3.47. The highest BCUT2D eigenvalue weighted by molar-refractivity contribution is 5.81. The van der Waals surface area contributed by atoms with E-state index in [1.807, 2.05) is 11.0 Å². The molecule has 1 aliphatic carbocycles. The van der Waals surface area contributed by atoms with Crippen LogP contribution in [0.3, 0.4) is 0 Å². The summed E-state index contributed by atoms with van der Waals surface area (Å²) in [7, 11) is 0. The van der Waals surface area contributed by atoms with Crippen molar-refractivity contribution in [1.29, 1.82) is 0 Å². The second-order valence-electron chi connectivity index (χ2n) is 7.16. The Hall–Kier alpha value is -1.88. The number of rotatable bonds is 7. The van der Waals surface area contributed by atoms with Gasteiger partial charge in [0, 0.05) is 51.6 Å². The number of nitrogens with zero attached hydrogens (tertiary/aromatic N) is 2. The molecule has 0 unspecified atom stereocenters. The molecule has 1 saturated heterocycles. The summed E-state index contributed by atoms with van der Waals surface area (Å²) in [6.07, 6.45) is 4.35. The lowest BCUT2D eigenvalue weighted by Crippen LogP contribution is -2.35. The van der Waals surface area contributed by atoms with Crippen molar-refractivity contribution >= 4 is 11.8 Å². The second-order valence-corrected chi connectivity index (χ2v) is 7.16. The third-order valence-electron chi connectivity index (χ3n) is 5.01. The Bertz CT molecular complexity index is 572. The third-order valence-corrected chi connectivity index (χ3v) is 5.01. The van der Waals surface area contributed by atoms with E-state index in [-0.39, 0.29) is 17.7 Å². The third kappa shape index (κ3) is 5.85. The second kappa shape index (κ2) is 8.99. The molecule has 2 fully saturated rings. The fourth-order valence-electron chi connectivity index (χ4n) is 3.32. The van der Waals surface area contributed by atoms with Gasteiger partial charge in [0.15, 0.2) is 0 Å². The number of hydrogen-bond acceptors (Lipinski definition) is 3. The van der Waals surface area contributed by atoms with Gasteiger partial charge in [0.1, 0.15) is 0 Å². The van der Waals surface area contributed by atoms with E-state index in [2.05, 4.69) is 34.5 Å². The topological polar surface area (TPSA) is 52.7 Å². The van der Waals surface area contributed by atoms with Crippen LogP contribution in [0.2, 0.25) is 0 Å². The Morgan fingerprint density at radius 1 is 1.04 bits per heavy atom. The molecule has 3 rings (SSSR count). The van der Waals surface area contributed by atoms with Crippen LogP contribution in [0, 0.1) is 5.92 Å². The van der Waals surface area contributed by atoms with Crippen molar-refractivity contribution in [3.05, 3.63) is 35.9 Å². The van der Waals surface area contributed by atoms with Gasteiger partial charge in [0.05, 0.1) is 0 Å². The summed E-state index contributed by atoms with van der Waals surface area (Å²) in [5.74, 6) is 0.637. The Morgan fingerprint density at radius 3 is 2.60 bits per heavy atom. The first-order valence-electron chi connectivity index (χ1n) is 9.54. The van der Waals surface area contributed by atoms with Gasteiger partial charge in [0.25, 0.3) is 0 Å². The molecule has 1 aliphatic heterocycles. The molecular weight excluding hydrogens is 314 g/mol. The molecule has 1 saturated carbocycles. The molecule has 1 aromatic rings. The fourth-order valence-corrected chi connectivity index (χ4v) is 3.32. The van der Waals surface area contributed by atoms with E-state index in [1.54, 1.807) is 0 Å². The van der Waals surface area contributed by atoms with E-state index >= 15 is 0 Å². The molecule has 5 nitrogen and oxygen atoms in total. The van der Waals surface area contributed by atoms with Gasteiger partial charge in [-0.3, -0.25) is 14.5 Å². The van der Waals surface area contributed by atoms with E-state index in [1.165, 1.54) is 5.56 Å². The minimum Gasteiger partial charge on any atom is -0.356 e. The Labute approximate surface area is 150 Å². The summed E-state index contributed by atoms with van der Waals surface area (Å²) in [4.78, 5) is 28.4. The van der Waals surface area contributed by atoms with Crippen LogP contribution in [-0.4, -0.2) is 54.3 Å². The predicted molar refractivity (Wildman–Crippen MR) is 97.9 cm³/mol. The highest BCUT2D eigenvalue weighted by Crippen LogP contribution is 2.28. The maximum absolute atomic E-state index is 12.4. The van der Waals surface area contributed by atoms with E-state index in [0.717, 1.165) is 58.4 Å². The summed E-state index contributed by atoms with van der Waals surface area (Å²) in [5, 5.41) is 2.93. The van der Waals surface area contributed by atoms with Gasteiger partial charge in [-0.05, 0) is 31.2 Å². The van der Waals surface area contributed by atoms with E-state index in [0.29, 0.717) is 13.0 Å². The van der Waals surface area contributed by atoms with Crippen molar-refractivity contribution in [2.75, 3.05) is 32.7 Å². The van der Waals surface area contributed by atoms with Crippen LogP contribution < -0.4 is 5.32 Å². The maximum Gasteiger partial charge on any atom is 0.223 e. The van der Waals surface area contributed by atoms with Crippen molar-refractivity contribution in [3.8, 4) is 0 Å². The normalized spacial score (nSPS) is 18.6. The van der Waals surface area contributed by atoms with Crippen molar-refractivity contribution in [3.63, 3.8) is 0 Å². The summed E-state index contributed by atoms with van der Waals surface area (Å²) < 4.78 is 0. The minimum absolute atomic E-state index is 0.166. The van der Waals surface area contributed by atoms with E-state index in [4.69, 9.17) is 0 Å². The van der Waals surface area contributed by atoms with Crippen molar-refractivity contribution in [1.82, 2.24) is 15.1 Å². The van der Waals surface area contributed by atoms with Gasteiger partial charge in [-0.25, -0.2) is 0 Å². The molecule has 136 valence electrons. The first-order valence-corrected chi connectivity index (χ1v) is 9.54. The molecule has 1 heterocycles. The number of nitrogens with one attached hydrogen (secondary N) is 1. The van der Waals surface area contributed by atoms with Crippen molar-refractivity contribution in [2.24, 2.45) is 5.92 Å². The number of carbonyl (C=O) groups is 2. The fraction of sp³-hybridized carbons (Fsp3) is 0.600. The Kier molecular flexibility index (Phi) is 6.45. The predicted octanol–water partition coefficient (Wildman–Crippen LogP) is 2.03. The highest BCUT2D eigenvalue weighted by atomic mass is 16.2. The lowest BCUT2D eigenvalue weighted by molar-refractivity contribution is -0.131. The minimum atomic E-state index is 0.166. The van der Waals surface area contributed by atoms with Crippen molar-refractivity contribution < 1.29 is 9.59 Å². The monoisotopic (exact) mass is 343 g/mol. The lowest BCUT2D eigenvalue weighted by Gasteiger charge is -2.22. The van der Waals surface area contributed by atoms with Crippen molar-refractivity contribution in [2.45, 2.75) is 38.6 Å². The zero-order valence-corrected chi connectivity index (χ0v) is 15.0. The molecule has 0 aromatic heterocycles. The Morgan fingerprint density at radius 2 is 1.84 bits per heavy atom. The SMILES string of the molecule is O=C(NCCCC(=O)N1CCCN(Cc2ccccc2)CC1)C1CC1. The van der Waals surface area contributed by atoms with Crippen LogP contribution in [-0.2, 0) is 16.1 Å². The van der Waals surface area contributed by atoms with E-state index in [9.17, 15) is 9.59 Å². The standard InChI is InChI=1S/C20H29N3O2/c24-19(8-4-11-21-20(25)18-9-10-18)23-13-5-12-22(14-15-23)16-17-6-2-1-3-7-17/h1-3,6-7,18H,4-5,8-16H2,(H,21,25). The zero-order chi connectivity index (χ0) is 17.5. The van der Waals surface area contributed by atoms with Crippen LogP contribution in [0.15, 0.2) is 30.3 Å². The maximum atomic E-state index is 12.4. The molecule has 2 amide bonds. The van der Waals surface area contributed by atoms with Gasteiger partial charge in [-0.2, -0.15) is 0 Å². The first kappa shape index (κ1) is 17.9. The average molecular weight is 343 g/mol. The lowest BCUT2D eigenvalue weighted by atomic mass is 10.2. The molecule has 0 bridgehead atoms. The number of amides is 2. The van der Waals surface area contributed by atoms with Gasteiger partial charge in [-0.1, -0.05) is 30.3 Å². The molecular formula is C20H29N3O2. The summed E-state index contributed by atoms with van der Waals surface area (Å²) in [6, 6.07) is 10.5. The quantitative estimate of drug-likeness (QED) is 0.771. The van der Waals surface area contributed by atoms with Crippen LogP contribution in [0.4, 0.5) is 0 Å². The molecule has 1 N–H and O–H groups in total. The molecule has 1 aromatic carbocycles. The molecule has 5 heteroatoms. The molecule has 0 spiro atoms. The summed E-state index contributed by atoms with van der Waals surface area (Å²) >= 11 is 0. The van der Waals surface area contributed by atoms with Gasteiger partial charge in [-0.15, -0.1) is 0 Å². The number of hydrogen-bond donors (Lipinski definition) is 1. The van der Waals surface area contributed by atoms with Gasteiger partial charge >= 0.3 is 0 Å². The van der Waals surface area contributed by atoms with Gasteiger partial charge in [0.2, 0.25) is 11.8 Å². The van der Waals surface area contributed by atoms with Crippen LogP contribution in [0.25, 0.3) is 0 Å². The number of benzene rings is 1. The van der Waals surface area contributed by atoms with Crippen LogP contribution in [0.1, 0.15) is 37.7 Å². The number of carbonyl (C=O) groups excluding carboxylic acids is 2. The largest absolute Gasteiger partial charge is 0.356 e. The van der Waals surface area contributed by atoms with E-state index < -0.39 is 0 Å². The first-order chi connectivity index (χ1) is 12.2. The smallest absolute Gasteiger partial charge is 0.223 e. The molecule has 0 atom stereocenters. The van der Waals surface area contributed by atoms with Crippen LogP contribution >= 0.6 is 0 Å².